The van der Waals surface area contributed by atoms with Crippen LogP contribution in [0.25, 0.3) is 21.9 Å². The predicted molar refractivity (Wildman–Crippen MR) is 84.3 cm³/mol. The van der Waals surface area contributed by atoms with Gasteiger partial charge in [-0.3, -0.25) is 5.10 Å². The molecular weight excluding hydrogens is 262 g/mol. The molecule has 0 fully saturated rings. The fourth-order valence-electron chi connectivity index (χ4n) is 2.61. The fourth-order valence-corrected chi connectivity index (χ4v) is 2.61. The zero-order valence-corrected chi connectivity index (χ0v) is 11.6. The standard InChI is InChI=1S/C17H15N3O/c1-11(16-9-12-5-2-3-8-15(12)21-16)19-14-7-4-6-13-10-18-20-17(13)14/h2-11,19H,1H3,(H,18,20). The minimum atomic E-state index is 0.0753. The second-order valence-corrected chi connectivity index (χ2v) is 5.19. The van der Waals surface area contributed by atoms with Gasteiger partial charge in [0.15, 0.2) is 0 Å². The average Bonchev–Trinajstić information content (AvgIpc) is 3.14. The van der Waals surface area contributed by atoms with Gasteiger partial charge < -0.3 is 9.73 Å². The first-order valence-corrected chi connectivity index (χ1v) is 6.98. The number of nitrogens with zero attached hydrogens (tertiary/aromatic N) is 1. The predicted octanol–water partition coefficient (Wildman–Crippen LogP) is 4.48. The van der Waals surface area contributed by atoms with E-state index in [2.05, 4.69) is 34.6 Å². The quantitative estimate of drug-likeness (QED) is 0.580. The zero-order chi connectivity index (χ0) is 14.2. The van der Waals surface area contributed by atoms with Crippen LogP contribution in [0.5, 0.6) is 0 Å². The van der Waals surface area contributed by atoms with Crippen LogP contribution in [0, 0.1) is 0 Å². The number of hydrogen-bond donors (Lipinski definition) is 2. The molecule has 0 radical (unpaired) electrons. The van der Waals surface area contributed by atoms with Crippen molar-refractivity contribution in [3.63, 3.8) is 0 Å². The maximum absolute atomic E-state index is 5.91. The molecule has 2 N–H and O–H groups in total. The van der Waals surface area contributed by atoms with Crippen LogP contribution in [0.2, 0.25) is 0 Å². The molecule has 1 atom stereocenters. The minimum absolute atomic E-state index is 0.0753. The molecule has 1 unspecified atom stereocenters. The SMILES string of the molecule is CC(Nc1cccc2cn[nH]c12)c1cc2ccccc2o1. The van der Waals surface area contributed by atoms with Gasteiger partial charge in [-0.15, -0.1) is 0 Å². The van der Waals surface area contributed by atoms with Crippen molar-refractivity contribution in [3.8, 4) is 0 Å². The smallest absolute Gasteiger partial charge is 0.134 e. The Hall–Kier alpha value is -2.75. The number of rotatable bonds is 3. The van der Waals surface area contributed by atoms with Crippen LogP contribution in [0.1, 0.15) is 18.7 Å². The highest BCUT2D eigenvalue weighted by molar-refractivity contribution is 5.90. The average molecular weight is 277 g/mol. The van der Waals surface area contributed by atoms with Crippen molar-refractivity contribution < 1.29 is 4.42 Å². The monoisotopic (exact) mass is 277 g/mol. The van der Waals surface area contributed by atoms with Gasteiger partial charge in [-0.25, -0.2) is 0 Å². The number of aromatic nitrogens is 2. The first-order chi connectivity index (χ1) is 10.3. The minimum Gasteiger partial charge on any atom is -0.459 e. The second kappa shape index (κ2) is 4.66. The Morgan fingerprint density at radius 2 is 1.95 bits per heavy atom. The number of anilines is 1. The Balaban J connectivity index is 1.68. The molecule has 0 spiro atoms. The third kappa shape index (κ3) is 2.05. The number of benzene rings is 2. The summed E-state index contributed by atoms with van der Waals surface area (Å²) in [5.41, 5.74) is 2.96. The maximum atomic E-state index is 5.91. The number of nitrogens with one attached hydrogen (secondary N) is 2. The van der Waals surface area contributed by atoms with Crippen LogP contribution in [0.15, 0.2) is 59.1 Å². The van der Waals surface area contributed by atoms with E-state index in [0.29, 0.717) is 0 Å². The first kappa shape index (κ1) is 12.0. The van der Waals surface area contributed by atoms with E-state index in [1.807, 2.05) is 42.6 Å². The third-order valence-electron chi connectivity index (χ3n) is 3.72. The normalized spacial score (nSPS) is 12.8. The van der Waals surface area contributed by atoms with Gasteiger partial charge in [0.25, 0.3) is 0 Å². The first-order valence-electron chi connectivity index (χ1n) is 6.98. The number of hydrogen-bond acceptors (Lipinski definition) is 3. The Labute approximate surface area is 121 Å². The summed E-state index contributed by atoms with van der Waals surface area (Å²) < 4.78 is 5.91. The number of para-hydroxylation sites is 2. The Bertz CT molecular complexity index is 873. The number of fused-ring (bicyclic) bond motifs is 2. The largest absolute Gasteiger partial charge is 0.459 e. The summed E-state index contributed by atoms with van der Waals surface area (Å²) >= 11 is 0. The highest BCUT2D eigenvalue weighted by Gasteiger charge is 2.13. The van der Waals surface area contributed by atoms with E-state index in [1.54, 1.807) is 0 Å². The van der Waals surface area contributed by atoms with Crippen LogP contribution < -0.4 is 5.32 Å². The molecule has 2 heterocycles. The summed E-state index contributed by atoms with van der Waals surface area (Å²) in [6.45, 7) is 2.09. The molecule has 4 rings (SSSR count). The summed E-state index contributed by atoms with van der Waals surface area (Å²) in [4.78, 5) is 0. The molecule has 4 nitrogen and oxygen atoms in total. The van der Waals surface area contributed by atoms with E-state index >= 15 is 0 Å². The van der Waals surface area contributed by atoms with E-state index in [9.17, 15) is 0 Å². The van der Waals surface area contributed by atoms with Gasteiger partial charge in [0.2, 0.25) is 0 Å². The lowest BCUT2D eigenvalue weighted by atomic mass is 10.2. The highest BCUT2D eigenvalue weighted by Crippen LogP contribution is 2.28. The fraction of sp³-hybridized carbons (Fsp3) is 0.118. The lowest BCUT2D eigenvalue weighted by Crippen LogP contribution is -2.05. The number of furan rings is 1. The molecule has 2 aromatic carbocycles. The molecule has 104 valence electrons. The van der Waals surface area contributed by atoms with E-state index in [1.165, 1.54) is 0 Å². The van der Waals surface area contributed by atoms with Gasteiger partial charge in [-0.05, 0) is 25.1 Å². The molecule has 0 aliphatic rings. The van der Waals surface area contributed by atoms with Gasteiger partial charge in [-0.2, -0.15) is 5.10 Å². The molecule has 4 heteroatoms. The molecule has 4 aromatic rings. The topological polar surface area (TPSA) is 53.9 Å². The van der Waals surface area contributed by atoms with Crippen LogP contribution in [0.4, 0.5) is 5.69 Å². The van der Waals surface area contributed by atoms with Gasteiger partial charge in [0.05, 0.1) is 23.4 Å². The molecule has 0 aliphatic carbocycles. The molecule has 0 bridgehead atoms. The Morgan fingerprint density at radius 3 is 2.86 bits per heavy atom. The summed E-state index contributed by atoms with van der Waals surface area (Å²) in [6.07, 6.45) is 1.83. The molecule has 0 saturated heterocycles. The van der Waals surface area contributed by atoms with Crippen LogP contribution in [-0.4, -0.2) is 10.2 Å². The summed E-state index contributed by atoms with van der Waals surface area (Å²) in [5, 5.41) is 12.8. The Morgan fingerprint density at radius 1 is 1.10 bits per heavy atom. The summed E-state index contributed by atoms with van der Waals surface area (Å²) in [6, 6.07) is 16.3. The lowest BCUT2D eigenvalue weighted by Gasteiger charge is -2.13. The van der Waals surface area contributed by atoms with Crippen molar-refractivity contribution in [1.82, 2.24) is 10.2 Å². The van der Waals surface area contributed by atoms with Crippen molar-refractivity contribution in [2.75, 3.05) is 5.32 Å². The number of aromatic amines is 1. The maximum Gasteiger partial charge on any atom is 0.134 e. The van der Waals surface area contributed by atoms with Crippen molar-refractivity contribution in [2.24, 2.45) is 0 Å². The Kier molecular flexibility index (Phi) is 2.67. The van der Waals surface area contributed by atoms with Crippen molar-refractivity contribution in [2.45, 2.75) is 13.0 Å². The van der Waals surface area contributed by atoms with E-state index in [4.69, 9.17) is 4.42 Å². The van der Waals surface area contributed by atoms with Gasteiger partial charge in [0, 0.05) is 10.8 Å². The van der Waals surface area contributed by atoms with Crippen LogP contribution in [0.3, 0.4) is 0 Å². The van der Waals surface area contributed by atoms with Crippen molar-refractivity contribution in [1.29, 1.82) is 0 Å². The molecule has 0 amide bonds. The third-order valence-corrected chi connectivity index (χ3v) is 3.72. The lowest BCUT2D eigenvalue weighted by molar-refractivity contribution is 0.526. The van der Waals surface area contributed by atoms with E-state index < -0.39 is 0 Å². The van der Waals surface area contributed by atoms with Gasteiger partial charge in [0.1, 0.15) is 11.3 Å². The van der Waals surface area contributed by atoms with Crippen LogP contribution >= 0.6 is 0 Å². The highest BCUT2D eigenvalue weighted by atomic mass is 16.3. The molecule has 21 heavy (non-hydrogen) atoms. The summed E-state index contributed by atoms with van der Waals surface area (Å²) in [5.74, 6) is 0.924. The van der Waals surface area contributed by atoms with Gasteiger partial charge in [-0.1, -0.05) is 30.3 Å². The molecule has 0 saturated carbocycles. The van der Waals surface area contributed by atoms with Gasteiger partial charge >= 0.3 is 0 Å². The van der Waals surface area contributed by atoms with Crippen molar-refractivity contribution in [3.05, 3.63) is 60.5 Å². The van der Waals surface area contributed by atoms with E-state index in [0.717, 1.165) is 33.3 Å². The van der Waals surface area contributed by atoms with Crippen molar-refractivity contribution >= 4 is 27.6 Å². The molecule has 2 aromatic heterocycles. The molecular formula is C17H15N3O. The second-order valence-electron chi connectivity index (χ2n) is 5.19. The molecule has 0 aliphatic heterocycles. The zero-order valence-electron chi connectivity index (χ0n) is 11.6. The van der Waals surface area contributed by atoms with E-state index in [-0.39, 0.29) is 6.04 Å². The number of H-pyrrole nitrogens is 1. The van der Waals surface area contributed by atoms with Crippen LogP contribution in [-0.2, 0) is 0 Å². The summed E-state index contributed by atoms with van der Waals surface area (Å²) in [7, 11) is 0.